The van der Waals surface area contributed by atoms with Crippen molar-refractivity contribution in [1.82, 2.24) is 10.6 Å². The molecule has 3 amide bonds. The number of thioether (sulfide) groups is 1. The third-order valence-electron chi connectivity index (χ3n) is 2.85. The normalized spacial score (nSPS) is 17.2. The van der Waals surface area contributed by atoms with Crippen LogP contribution in [0.5, 0.6) is 0 Å². The zero-order valence-corrected chi connectivity index (χ0v) is 12.0. The van der Waals surface area contributed by atoms with Crippen LogP contribution in [0.25, 0.3) is 0 Å². The first-order valence-electron chi connectivity index (χ1n) is 6.43. The number of amides is 3. The molecular weight excluding hydrogens is 292 g/mol. The summed E-state index contributed by atoms with van der Waals surface area (Å²) in [5.74, 6) is -0.264. The Morgan fingerprint density at radius 3 is 2.81 bits per heavy atom. The van der Waals surface area contributed by atoms with Crippen molar-refractivity contribution in [3.05, 3.63) is 29.8 Å². The van der Waals surface area contributed by atoms with Gasteiger partial charge in [0.1, 0.15) is 6.04 Å². The molecule has 0 aliphatic carbocycles. The molecule has 1 fully saturated rings. The van der Waals surface area contributed by atoms with E-state index in [0.717, 1.165) is 11.8 Å². The first-order valence-corrected chi connectivity index (χ1v) is 7.42. The number of hydrogen-bond donors (Lipinski definition) is 4. The van der Waals surface area contributed by atoms with Gasteiger partial charge in [-0.1, -0.05) is 23.9 Å². The van der Waals surface area contributed by atoms with Gasteiger partial charge >= 0.3 is 0 Å². The third kappa shape index (κ3) is 3.96. The number of rotatable bonds is 5. The maximum absolute atomic E-state index is 12.1. The first kappa shape index (κ1) is 15.3. The van der Waals surface area contributed by atoms with E-state index in [9.17, 15) is 14.4 Å². The third-order valence-corrected chi connectivity index (χ3v) is 3.73. The molecule has 21 heavy (non-hydrogen) atoms. The van der Waals surface area contributed by atoms with Gasteiger partial charge in [-0.05, 0) is 12.1 Å². The Kier molecular flexibility index (Phi) is 5.18. The minimum atomic E-state index is -0.581. The number of carbonyl (C=O) groups excluding carboxylic acids is 3. The SMILES string of the molecule is NCCNC(=O)c1ccccc1NC(=O)C1CSC(=O)N1. The maximum Gasteiger partial charge on any atom is 0.279 e. The molecule has 1 aromatic carbocycles. The van der Waals surface area contributed by atoms with E-state index >= 15 is 0 Å². The summed E-state index contributed by atoms with van der Waals surface area (Å²) in [6.45, 7) is 0.696. The van der Waals surface area contributed by atoms with E-state index in [4.69, 9.17) is 5.73 Å². The fourth-order valence-corrected chi connectivity index (χ4v) is 2.60. The zero-order chi connectivity index (χ0) is 15.2. The number of nitrogens with one attached hydrogen (secondary N) is 3. The van der Waals surface area contributed by atoms with Gasteiger partial charge in [-0.15, -0.1) is 0 Å². The van der Waals surface area contributed by atoms with Crippen LogP contribution in [0.4, 0.5) is 10.5 Å². The molecule has 8 heteroatoms. The van der Waals surface area contributed by atoms with Gasteiger partial charge in [-0.25, -0.2) is 0 Å². The highest BCUT2D eigenvalue weighted by Gasteiger charge is 2.28. The topological polar surface area (TPSA) is 113 Å². The number of hydrogen-bond acceptors (Lipinski definition) is 5. The molecule has 2 rings (SSSR count). The number of anilines is 1. The van der Waals surface area contributed by atoms with Gasteiger partial charge in [-0.3, -0.25) is 14.4 Å². The van der Waals surface area contributed by atoms with Crippen molar-refractivity contribution in [2.24, 2.45) is 5.73 Å². The number of carbonyl (C=O) groups is 3. The molecule has 1 aromatic rings. The first-order chi connectivity index (χ1) is 10.1. The lowest BCUT2D eigenvalue weighted by molar-refractivity contribution is -0.117. The Morgan fingerprint density at radius 2 is 2.14 bits per heavy atom. The van der Waals surface area contributed by atoms with Crippen LogP contribution >= 0.6 is 11.8 Å². The van der Waals surface area contributed by atoms with Crippen molar-refractivity contribution in [2.45, 2.75) is 6.04 Å². The Hall–Kier alpha value is -2.06. The second-order valence-corrected chi connectivity index (χ2v) is 5.37. The van der Waals surface area contributed by atoms with Crippen molar-refractivity contribution in [3.8, 4) is 0 Å². The maximum atomic E-state index is 12.1. The molecule has 1 heterocycles. The largest absolute Gasteiger partial charge is 0.351 e. The summed E-state index contributed by atoms with van der Waals surface area (Å²) in [6, 6.07) is 6.10. The molecule has 1 aliphatic heterocycles. The smallest absolute Gasteiger partial charge is 0.279 e. The van der Waals surface area contributed by atoms with E-state index in [1.54, 1.807) is 24.3 Å². The highest BCUT2D eigenvalue weighted by Crippen LogP contribution is 2.18. The quantitative estimate of drug-likeness (QED) is 0.618. The molecule has 0 aromatic heterocycles. The Balaban J connectivity index is 2.07. The van der Waals surface area contributed by atoms with E-state index in [1.807, 2.05) is 0 Å². The zero-order valence-electron chi connectivity index (χ0n) is 11.2. The molecule has 1 aliphatic rings. The lowest BCUT2D eigenvalue weighted by atomic mass is 10.1. The average Bonchev–Trinajstić information content (AvgIpc) is 2.92. The van der Waals surface area contributed by atoms with Gasteiger partial charge in [0, 0.05) is 18.8 Å². The van der Waals surface area contributed by atoms with Gasteiger partial charge in [0.05, 0.1) is 11.3 Å². The highest BCUT2D eigenvalue weighted by atomic mass is 32.2. The van der Waals surface area contributed by atoms with Gasteiger partial charge in [0.25, 0.3) is 11.1 Å². The van der Waals surface area contributed by atoms with E-state index in [0.29, 0.717) is 30.1 Å². The molecule has 0 saturated carbocycles. The van der Waals surface area contributed by atoms with Crippen molar-refractivity contribution in [1.29, 1.82) is 0 Å². The van der Waals surface area contributed by atoms with Crippen LogP contribution in [0, 0.1) is 0 Å². The van der Waals surface area contributed by atoms with Gasteiger partial charge < -0.3 is 21.7 Å². The Bertz CT molecular complexity index is 564. The van der Waals surface area contributed by atoms with Crippen molar-refractivity contribution < 1.29 is 14.4 Å². The van der Waals surface area contributed by atoms with E-state index in [1.165, 1.54) is 0 Å². The van der Waals surface area contributed by atoms with Crippen LogP contribution in [0.15, 0.2) is 24.3 Å². The minimum Gasteiger partial charge on any atom is -0.351 e. The van der Waals surface area contributed by atoms with Crippen LogP contribution in [0.1, 0.15) is 10.4 Å². The number of benzene rings is 1. The highest BCUT2D eigenvalue weighted by molar-refractivity contribution is 8.14. The van der Waals surface area contributed by atoms with Gasteiger partial charge in [-0.2, -0.15) is 0 Å². The second kappa shape index (κ2) is 7.09. The van der Waals surface area contributed by atoms with E-state index in [2.05, 4.69) is 16.0 Å². The van der Waals surface area contributed by atoms with Crippen LogP contribution in [-0.4, -0.2) is 41.9 Å². The summed E-state index contributed by atoms with van der Waals surface area (Å²) in [6.07, 6.45) is 0. The van der Waals surface area contributed by atoms with Gasteiger partial charge in [0.2, 0.25) is 5.91 Å². The molecule has 7 nitrogen and oxygen atoms in total. The molecule has 0 spiro atoms. The van der Waals surface area contributed by atoms with Crippen molar-refractivity contribution in [3.63, 3.8) is 0 Å². The Morgan fingerprint density at radius 1 is 1.38 bits per heavy atom. The van der Waals surface area contributed by atoms with E-state index < -0.39 is 6.04 Å². The second-order valence-electron chi connectivity index (χ2n) is 4.37. The predicted molar refractivity (Wildman–Crippen MR) is 81.2 cm³/mol. The predicted octanol–water partition coefficient (Wildman–Crippen LogP) is 0.139. The summed E-state index contributed by atoms with van der Waals surface area (Å²) in [5.41, 5.74) is 6.11. The molecule has 1 unspecified atom stereocenters. The fraction of sp³-hybridized carbons (Fsp3) is 0.308. The van der Waals surface area contributed by atoms with Crippen molar-refractivity contribution >= 4 is 34.5 Å². The van der Waals surface area contributed by atoms with Crippen LogP contribution in [0.2, 0.25) is 0 Å². The number of nitrogens with two attached hydrogens (primary N) is 1. The molecule has 1 atom stereocenters. The molecule has 0 radical (unpaired) electrons. The molecule has 1 saturated heterocycles. The average molecular weight is 308 g/mol. The molecule has 112 valence electrons. The fourth-order valence-electron chi connectivity index (χ4n) is 1.82. The van der Waals surface area contributed by atoms with Crippen molar-refractivity contribution in [2.75, 3.05) is 24.2 Å². The number of para-hydroxylation sites is 1. The molecular formula is C13H16N4O3S. The lowest BCUT2D eigenvalue weighted by Gasteiger charge is -2.13. The summed E-state index contributed by atoms with van der Waals surface area (Å²) in [7, 11) is 0. The van der Waals surface area contributed by atoms with Crippen LogP contribution in [0.3, 0.4) is 0 Å². The summed E-state index contributed by atoms with van der Waals surface area (Å²) in [4.78, 5) is 35.1. The minimum absolute atomic E-state index is 0.218. The lowest BCUT2D eigenvalue weighted by Crippen LogP contribution is -2.39. The molecule has 5 N–H and O–H groups in total. The summed E-state index contributed by atoms with van der Waals surface area (Å²) in [5, 5.41) is 7.65. The van der Waals surface area contributed by atoms with Crippen LogP contribution < -0.4 is 21.7 Å². The van der Waals surface area contributed by atoms with Crippen LogP contribution in [-0.2, 0) is 4.79 Å². The molecule has 0 bridgehead atoms. The summed E-state index contributed by atoms with van der Waals surface area (Å²) < 4.78 is 0. The van der Waals surface area contributed by atoms with E-state index in [-0.39, 0.29) is 17.1 Å². The standard InChI is InChI=1S/C13H16N4O3S/c14-5-6-15-11(18)8-3-1-2-4-9(8)16-12(19)10-7-21-13(20)17-10/h1-4,10H,5-7,14H2,(H,15,18)(H,16,19)(H,17,20). The Labute approximate surface area is 126 Å². The van der Waals surface area contributed by atoms with Gasteiger partial charge in [0.15, 0.2) is 0 Å². The summed E-state index contributed by atoms with van der Waals surface area (Å²) >= 11 is 1.06. The monoisotopic (exact) mass is 308 g/mol.